The molecule has 0 amide bonds. The molecule has 2 aromatic rings. The Morgan fingerprint density at radius 2 is 1.95 bits per heavy atom. The molecule has 0 spiro atoms. The first kappa shape index (κ1) is 14.5. The first-order valence-corrected chi connectivity index (χ1v) is 6.77. The molecule has 20 heavy (non-hydrogen) atoms. The van der Waals surface area contributed by atoms with Crippen LogP contribution in [-0.4, -0.2) is 30.3 Å². The van der Waals surface area contributed by atoms with Crippen molar-refractivity contribution in [3.8, 4) is 5.75 Å². The minimum absolute atomic E-state index is 0.0760. The van der Waals surface area contributed by atoms with E-state index in [0.29, 0.717) is 11.9 Å². The first-order valence-electron chi connectivity index (χ1n) is 6.77. The monoisotopic (exact) mass is 275 g/mol. The molecule has 5 nitrogen and oxygen atoms in total. The van der Waals surface area contributed by atoms with Crippen molar-refractivity contribution in [2.45, 2.75) is 32.2 Å². The van der Waals surface area contributed by atoms with E-state index in [2.05, 4.69) is 29.3 Å². The van der Waals surface area contributed by atoms with Gasteiger partial charge in [0.05, 0.1) is 13.0 Å². The van der Waals surface area contributed by atoms with Gasteiger partial charge in [0.25, 0.3) is 0 Å². The van der Waals surface area contributed by atoms with Crippen LogP contribution in [0.1, 0.15) is 37.0 Å². The van der Waals surface area contributed by atoms with E-state index in [9.17, 15) is 0 Å². The van der Waals surface area contributed by atoms with Crippen molar-refractivity contribution in [1.82, 2.24) is 15.5 Å². The topological polar surface area (TPSA) is 60.2 Å². The second kappa shape index (κ2) is 6.52. The van der Waals surface area contributed by atoms with Crippen LogP contribution in [0.4, 0.5) is 0 Å². The molecule has 1 aromatic carbocycles. The molecule has 0 bridgehead atoms. The molecule has 5 heteroatoms. The van der Waals surface area contributed by atoms with E-state index < -0.39 is 0 Å². The predicted molar refractivity (Wildman–Crippen MR) is 77.0 cm³/mol. The molecule has 0 aliphatic carbocycles. The average Bonchev–Trinajstić information content (AvgIpc) is 2.95. The standard InChI is InChI=1S/C15H21N3O2/c1-10(16-3)9-14-17-15(20-18-14)11(2)12-5-7-13(19-4)8-6-12/h5-8,10-11,16H,9H2,1-4H3. The fraction of sp³-hybridized carbons (Fsp3) is 0.467. The SMILES string of the molecule is CNC(C)Cc1noc(C(C)c2ccc(OC)cc2)n1. The highest BCUT2D eigenvalue weighted by atomic mass is 16.5. The number of benzene rings is 1. The molecule has 2 rings (SSSR count). The average molecular weight is 275 g/mol. The van der Waals surface area contributed by atoms with Gasteiger partial charge in [-0.05, 0) is 38.6 Å². The van der Waals surface area contributed by atoms with Gasteiger partial charge in [-0.2, -0.15) is 4.98 Å². The highest BCUT2D eigenvalue weighted by Gasteiger charge is 2.17. The summed E-state index contributed by atoms with van der Waals surface area (Å²) in [6.07, 6.45) is 0.759. The number of aromatic nitrogens is 2. The van der Waals surface area contributed by atoms with Crippen LogP contribution in [-0.2, 0) is 6.42 Å². The van der Waals surface area contributed by atoms with Gasteiger partial charge >= 0.3 is 0 Å². The Morgan fingerprint density at radius 3 is 2.55 bits per heavy atom. The lowest BCUT2D eigenvalue weighted by Gasteiger charge is -2.08. The van der Waals surface area contributed by atoms with Crippen LogP contribution in [0.3, 0.4) is 0 Å². The number of methoxy groups -OCH3 is 1. The molecule has 2 atom stereocenters. The normalized spacial score (nSPS) is 14.0. The molecule has 108 valence electrons. The molecular weight excluding hydrogens is 254 g/mol. The second-order valence-electron chi connectivity index (χ2n) is 4.94. The Balaban J connectivity index is 2.10. The molecule has 0 saturated carbocycles. The van der Waals surface area contributed by atoms with E-state index in [-0.39, 0.29) is 5.92 Å². The van der Waals surface area contributed by atoms with E-state index in [0.717, 1.165) is 23.6 Å². The maximum Gasteiger partial charge on any atom is 0.233 e. The zero-order valence-electron chi connectivity index (χ0n) is 12.4. The zero-order valence-corrected chi connectivity index (χ0v) is 12.4. The summed E-state index contributed by atoms with van der Waals surface area (Å²) in [5.74, 6) is 2.30. The molecular formula is C15H21N3O2. The quantitative estimate of drug-likeness (QED) is 0.877. The summed E-state index contributed by atoms with van der Waals surface area (Å²) in [5.41, 5.74) is 1.13. The molecule has 0 radical (unpaired) electrons. The number of likely N-dealkylation sites (N-methyl/N-ethyl adjacent to an activating group) is 1. The van der Waals surface area contributed by atoms with Crippen LogP contribution in [0.2, 0.25) is 0 Å². The Bertz CT molecular complexity index is 536. The van der Waals surface area contributed by atoms with Gasteiger partial charge < -0.3 is 14.6 Å². The molecule has 0 aliphatic rings. The Labute approximate surface area is 119 Å². The number of rotatable bonds is 6. The first-order chi connectivity index (χ1) is 9.63. The third-order valence-corrected chi connectivity index (χ3v) is 3.45. The van der Waals surface area contributed by atoms with Crippen LogP contribution in [0.25, 0.3) is 0 Å². The van der Waals surface area contributed by atoms with Crippen LogP contribution < -0.4 is 10.1 Å². The molecule has 2 unspecified atom stereocenters. The summed E-state index contributed by atoms with van der Waals surface area (Å²) in [7, 11) is 3.58. The maximum absolute atomic E-state index is 5.36. The van der Waals surface area contributed by atoms with E-state index >= 15 is 0 Å². The summed E-state index contributed by atoms with van der Waals surface area (Å²) in [5, 5.41) is 7.19. The van der Waals surface area contributed by atoms with Gasteiger partial charge in [0.1, 0.15) is 5.75 Å². The van der Waals surface area contributed by atoms with Crippen molar-refractivity contribution in [3.05, 3.63) is 41.5 Å². The van der Waals surface area contributed by atoms with Crippen molar-refractivity contribution in [1.29, 1.82) is 0 Å². The van der Waals surface area contributed by atoms with Crippen molar-refractivity contribution in [2.24, 2.45) is 0 Å². The van der Waals surface area contributed by atoms with Gasteiger partial charge in [0.2, 0.25) is 5.89 Å². The maximum atomic E-state index is 5.36. The van der Waals surface area contributed by atoms with Crippen LogP contribution >= 0.6 is 0 Å². The van der Waals surface area contributed by atoms with E-state index in [1.54, 1.807) is 7.11 Å². The second-order valence-corrected chi connectivity index (χ2v) is 4.94. The summed E-state index contributed by atoms with van der Waals surface area (Å²) in [6.45, 7) is 4.14. The largest absolute Gasteiger partial charge is 0.497 e. The Hall–Kier alpha value is -1.88. The van der Waals surface area contributed by atoms with Crippen LogP contribution in [0.5, 0.6) is 5.75 Å². The van der Waals surface area contributed by atoms with Crippen molar-refractivity contribution in [3.63, 3.8) is 0 Å². The number of hydrogen-bond acceptors (Lipinski definition) is 5. The smallest absolute Gasteiger partial charge is 0.233 e. The van der Waals surface area contributed by atoms with Gasteiger partial charge in [-0.3, -0.25) is 0 Å². The van der Waals surface area contributed by atoms with Crippen LogP contribution in [0.15, 0.2) is 28.8 Å². The van der Waals surface area contributed by atoms with Crippen molar-refractivity contribution >= 4 is 0 Å². The number of ether oxygens (including phenoxy) is 1. The van der Waals surface area contributed by atoms with Gasteiger partial charge in [0, 0.05) is 12.5 Å². The molecule has 1 aromatic heterocycles. The Morgan fingerprint density at radius 1 is 1.25 bits per heavy atom. The summed E-state index contributed by atoms with van der Waals surface area (Å²) in [4.78, 5) is 4.47. The van der Waals surface area contributed by atoms with E-state index in [1.807, 2.05) is 31.3 Å². The number of nitrogens with one attached hydrogen (secondary N) is 1. The Kier molecular flexibility index (Phi) is 4.74. The number of nitrogens with zero attached hydrogens (tertiary/aromatic N) is 2. The summed E-state index contributed by atoms with van der Waals surface area (Å²) in [6, 6.07) is 8.24. The van der Waals surface area contributed by atoms with Crippen molar-refractivity contribution < 1.29 is 9.26 Å². The van der Waals surface area contributed by atoms with Gasteiger partial charge in [0.15, 0.2) is 5.82 Å². The summed E-state index contributed by atoms with van der Waals surface area (Å²) < 4.78 is 10.5. The lowest BCUT2D eigenvalue weighted by atomic mass is 10.0. The molecule has 1 heterocycles. The predicted octanol–water partition coefficient (Wildman–Crippen LogP) is 2.38. The molecule has 0 saturated heterocycles. The van der Waals surface area contributed by atoms with Gasteiger partial charge in [-0.15, -0.1) is 0 Å². The van der Waals surface area contributed by atoms with E-state index in [1.165, 1.54) is 0 Å². The number of hydrogen-bond donors (Lipinski definition) is 1. The van der Waals surface area contributed by atoms with Crippen LogP contribution in [0, 0.1) is 0 Å². The highest BCUT2D eigenvalue weighted by Crippen LogP contribution is 2.24. The fourth-order valence-electron chi connectivity index (χ4n) is 1.94. The van der Waals surface area contributed by atoms with Crippen molar-refractivity contribution in [2.75, 3.05) is 14.2 Å². The molecule has 0 fully saturated rings. The molecule has 0 aliphatic heterocycles. The minimum Gasteiger partial charge on any atom is -0.497 e. The third-order valence-electron chi connectivity index (χ3n) is 3.45. The van der Waals surface area contributed by atoms with E-state index in [4.69, 9.17) is 9.26 Å². The third kappa shape index (κ3) is 3.36. The molecule has 1 N–H and O–H groups in total. The van der Waals surface area contributed by atoms with Gasteiger partial charge in [-0.25, -0.2) is 0 Å². The zero-order chi connectivity index (χ0) is 14.5. The lowest BCUT2D eigenvalue weighted by molar-refractivity contribution is 0.363. The minimum atomic E-state index is 0.0760. The lowest BCUT2D eigenvalue weighted by Crippen LogP contribution is -2.24. The summed E-state index contributed by atoms with van der Waals surface area (Å²) >= 11 is 0. The van der Waals surface area contributed by atoms with Gasteiger partial charge in [-0.1, -0.05) is 17.3 Å². The highest BCUT2D eigenvalue weighted by molar-refractivity contribution is 5.31. The fourth-order valence-corrected chi connectivity index (χ4v) is 1.94.